The van der Waals surface area contributed by atoms with E-state index in [0.717, 1.165) is 11.8 Å². The number of sulfonamides is 1. The molecule has 12 heteroatoms. The number of rotatable bonds is 7. The molecule has 2 atom stereocenters. The van der Waals surface area contributed by atoms with E-state index in [-0.39, 0.29) is 12.5 Å². The van der Waals surface area contributed by atoms with Crippen LogP contribution in [0.2, 0.25) is 0 Å². The number of benzene rings is 1. The predicted molar refractivity (Wildman–Crippen MR) is 98.7 cm³/mol. The summed E-state index contributed by atoms with van der Waals surface area (Å²) in [6.07, 6.45) is 1.54. The van der Waals surface area contributed by atoms with Crippen LogP contribution in [-0.4, -0.2) is 39.2 Å². The van der Waals surface area contributed by atoms with E-state index in [2.05, 4.69) is 15.6 Å². The molecule has 1 aromatic carbocycles. The Labute approximate surface area is 160 Å². The van der Waals surface area contributed by atoms with Crippen molar-refractivity contribution in [2.24, 2.45) is 11.1 Å². The Bertz CT molecular complexity index is 959. The van der Waals surface area contributed by atoms with Crippen LogP contribution in [0.5, 0.6) is 5.75 Å². The SMILES string of the molecule is CC(C)[C@@H](C(=O)O)n1cc(COc2ccc3c(c2)SC(S(N)(=O)=O)N3)nn1. The molecule has 2 aromatic rings. The molecule has 0 radical (unpaired) electrons. The monoisotopic (exact) mass is 413 g/mol. The van der Waals surface area contributed by atoms with Crippen LogP contribution in [0.4, 0.5) is 5.69 Å². The van der Waals surface area contributed by atoms with Gasteiger partial charge in [-0.25, -0.2) is 23.0 Å². The molecule has 2 heterocycles. The number of anilines is 1. The highest BCUT2D eigenvalue weighted by Crippen LogP contribution is 2.41. The fraction of sp³-hybridized carbons (Fsp3) is 0.400. The lowest BCUT2D eigenvalue weighted by Crippen LogP contribution is -2.29. The Morgan fingerprint density at radius 3 is 2.85 bits per heavy atom. The van der Waals surface area contributed by atoms with Crippen LogP contribution in [0.25, 0.3) is 0 Å². The van der Waals surface area contributed by atoms with Crippen molar-refractivity contribution in [3.05, 3.63) is 30.1 Å². The lowest BCUT2D eigenvalue weighted by atomic mass is 10.1. The smallest absolute Gasteiger partial charge is 0.328 e. The number of thioether (sulfide) groups is 1. The molecule has 1 aliphatic heterocycles. The average Bonchev–Trinajstić information content (AvgIpc) is 3.18. The minimum atomic E-state index is -3.72. The molecule has 0 spiro atoms. The number of aliphatic carboxylic acids is 1. The van der Waals surface area contributed by atoms with Crippen LogP contribution in [0.1, 0.15) is 25.6 Å². The Kier molecular flexibility index (Phi) is 5.31. The summed E-state index contributed by atoms with van der Waals surface area (Å²) in [4.78, 5) is 12.1. The maximum Gasteiger partial charge on any atom is 0.328 e. The van der Waals surface area contributed by atoms with Gasteiger partial charge in [-0.3, -0.25) is 0 Å². The summed E-state index contributed by atoms with van der Waals surface area (Å²) in [5, 5.41) is 25.1. The maximum atomic E-state index is 11.5. The Balaban J connectivity index is 1.67. The second kappa shape index (κ2) is 7.37. The molecule has 0 amide bonds. The zero-order chi connectivity index (χ0) is 19.8. The third-order valence-corrected chi connectivity index (χ3v) is 6.60. The van der Waals surface area contributed by atoms with Crippen molar-refractivity contribution in [2.45, 2.75) is 36.1 Å². The highest BCUT2D eigenvalue weighted by molar-refractivity contribution is 8.13. The molecule has 0 saturated carbocycles. The summed E-state index contributed by atoms with van der Waals surface area (Å²) < 4.78 is 29.0. The summed E-state index contributed by atoms with van der Waals surface area (Å²) in [6.45, 7) is 3.68. The number of carboxylic acid groups (broad SMARTS) is 1. The summed E-state index contributed by atoms with van der Waals surface area (Å²) in [5.41, 5.74) is 1.15. The van der Waals surface area contributed by atoms with Crippen molar-refractivity contribution in [3.8, 4) is 5.75 Å². The number of carboxylic acids is 1. The molecule has 1 unspecified atom stereocenters. The van der Waals surface area contributed by atoms with Gasteiger partial charge < -0.3 is 15.2 Å². The second-order valence-corrected chi connectivity index (χ2v) is 9.44. The molecule has 0 aliphatic carbocycles. The van der Waals surface area contributed by atoms with E-state index in [4.69, 9.17) is 9.88 Å². The number of nitrogens with zero attached hydrogens (tertiary/aromatic N) is 3. The first-order valence-electron chi connectivity index (χ1n) is 8.00. The number of nitrogens with two attached hydrogens (primary N) is 1. The molecular weight excluding hydrogens is 394 g/mol. The van der Waals surface area contributed by atoms with E-state index in [1.54, 1.807) is 38.2 Å². The van der Waals surface area contributed by atoms with Gasteiger partial charge in [0.1, 0.15) is 18.1 Å². The highest BCUT2D eigenvalue weighted by atomic mass is 32.3. The van der Waals surface area contributed by atoms with Crippen molar-refractivity contribution in [3.63, 3.8) is 0 Å². The van der Waals surface area contributed by atoms with Gasteiger partial charge in [0.2, 0.25) is 10.0 Å². The topological polar surface area (TPSA) is 149 Å². The molecule has 0 saturated heterocycles. The minimum absolute atomic E-state index is 0.0972. The van der Waals surface area contributed by atoms with Gasteiger partial charge >= 0.3 is 5.97 Å². The zero-order valence-electron chi connectivity index (χ0n) is 14.6. The number of hydrogen-bond donors (Lipinski definition) is 3. The molecular formula is C15H19N5O5S2. The molecule has 27 heavy (non-hydrogen) atoms. The van der Waals surface area contributed by atoms with Crippen molar-refractivity contribution < 1.29 is 23.1 Å². The molecule has 0 fully saturated rings. The molecule has 3 rings (SSSR count). The number of ether oxygens (including phenoxy) is 1. The first-order chi connectivity index (χ1) is 12.6. The van der Waals surface area contributed by atoms with E-state index in [1.807, 2.05) is 0 Å². The third-order valence-electron chi connectivity index (χ3n) is 3.87. The molecule has 146 valence electrons. The normalized spacial score (nSPS) is 17.4. The predicted octanol–water partition coefficient (Wildman–Crippen LogP) is 1.23. The van der Waals surface area contributed by atoms with Crippen LogP contribution in [0.15, 0.2) is 29.3 Å². The van der Waals surface area contributed by atoms with E-state index in [1.165, 1.54) is 4.68 Å². The molecule has 10 nitrogen and oxygen atoms in total. The molecule has 4 N–H and O–H groups in total. The van der Waals surface area contributed by atoms with Crippen molar-refractivity contribution >= 4 is 33.4 Å². The van der Waals surface area contributed by atoms with E-state index < -0.39 is 26.7 Å². The van der Waals surface area contributed by atoms with Crippen LogP contribution < -0.4 is 15.2 Å². The number of primary sulfonamides is 1. The van der Waals surface area contributed by atoms with E-state index in [0.29, 0.717) is 22.0 Å². The van der Waals surface area contributed by atoms with Gasteiger partial charge in [-0.1, -0.05) is 30.8 Å². The van der Waals surface area contributed by atoms with Crippen LogP contribution in [0, 0.1) is 5.92 Å². The second-order valence-electron chi connectivity index (χ2n) is 6.35. The van der Waals surface area contributed by atoms with Gasteiger partial charge in [-0.2, -0.15) is 0 Å². The molecule has 1 aromatic heterocycles. The van der Waals surface area contributed by atoms with Crippen molar-refractivity contribution in [1.29, 1.82) is 0 Å². The van der Waals surface area contributed by atoms with Gasteiger partial charge in [0.15, 0.2) is 10.7 Å². The standard InChI is InChI=1S/C15H19N5O5S2/c1-8(2)13(14(21)22)20-6-9(18-19-20)7-25-10-3-4-11-12(5-10)26-15(17-11)27(16,23)24/h3-6,8,13,15,17H,7H2,1-2H3,(H,21,22)(H2,16,23,24)/t13-,15?/m0/s1. The first-order valence-corrected chi connectivity index (χ1v) is 10.5. The Hall–Kier alpha value is -2.31. The van der Waals surface area contributed by atoms with Crippen molar-refractivity contribution in [1.82, 2.24) is 15.0 Å². The van der Waals surface area contributed by atoms with Crippen LogP contribution in [-0.2, 0) is 21.4 Å². The number of carbonyl (C=O) groups is 1. The summed E-state index contributed by atoms with van der Waals surface area (Å²) in [5.74, 6) is -0.604. The van der Waals surface area contributed by atoms with Crippen molar-refractivity contribution in [2.75, 3.05) is 5.32 Å². The maximum absolute atomic E-state index is 11.5. The first kappa shape index (κ1) is 19.5. The average molecular weight is 413 g/mol. The van der Waals surface area contributed by atoms with Gasteiger partial charge in [0, 0.05) is 10.6 Å². The largest absolute Gasteiger partial charge is 0.487 e. The van der Waals surface area contributed by atoms with Crippen LogP contribution in [0.3, 0.4) is 0 Å². The number of aromatic nitrogens is 3. The minimum Gasteiger partial charge on any atom is -0.487 e. The fourth-order valence-corrected chi connectivity index (χ4v) is 4.60. The quantitative estimate of drug-likeness (QED) is 0.609. The summed E-state index contributed by atoms with van der Waals surface area (Å²) >= 11 is 1.09. The number of hydrogen-bond acceptors (Lipinski definition) is 8. The Morgan fingerprint density at radius 1 is 1.48 bits per heavy atom. The molecule has 0 bridgehead atoms. The van der Waals surface area contributed by atoms with Gasteiger partial charge in [-0.15, -0.1) is 5.10 Å². The lowest BCUT2D eigenvalue weighted by Gasteiger charge is -2.15. The number of nitrogens with one attached hydrogen (secondary N) is 1. The van der Waals surface area contributed by atoms with Crippen LogP contribution >= 0.6 is 11.8 Å². The molecule has 1 aliphatic rings. The lowest BCUT2D eigenvalue weighted by molar-refractivity contribution is -0.142. The van der Waals surface area contributed by atoms with E-state index in [9.17, 15) is 18.3 Å². The Morgan fingerprint density at radius 2 is 2.22 bits per heavy atom. The van der Waals surface area contributed by atoms with E-state index >= 15 is 0 Å². The summed E-state index contributed by atoms with van der Waals surface area (Å²) in [6, 6.07) is 4.30. The van der Waals surface area contributed by atoms with Gasteiger partial charge in [0.25, 0.3) is 0 Å². The van der Waals surface area contributed by atoms with Gasteiger partial charge in [0.05, 0.1) is 6.20 Å². The number of fused-ring (bicyclic) bond motifs is 1. The highest BCUT2D eigenvalue weighted by Gasteiger charge is 2.30. The fourth-order valence-electron chi connectivity index (χ4n) is 2.61. The third kappa shape index (κ3) is 4.34. The summed E-state index contributed by atoms with van der Waals surface area (Å²) in [7, 11) is -3.72. The zero-order valence-corrected chi connectivity index (χ0v) is 16.2. The van der Waals surface area contributed by atoms with Gasteiger partial charge in [-0.05, 0) is 24.1 Å².